The average Bonchev–Trinajstić information content (AvgIpc) is 2.86. The third-order valence-corrected chi connectivity index (χ3v) is 7.60. The maximum Gasteiger partial charge on any atom is 0.0963 e. The lowest BCUT2D eigenvalue weighted by Gasteiger charge is -2.58. The third-order valence-electron chi connectivity index (χ3n) is 7.60. The van der Waals surface area contributed by atoms with Crippen LogP contribution in [0.5, 0.6) is 0 Å². The summed E-state index contributed by atoms with van der Waals surface area (Å²) in [5.74, 6) is 6.91. The molecule has 92 valence electrons. The molecular formula is C17H18O. The summed E-state index contributed by atoms with van der Waals surface area (Å²) in [6, 6.07) is 8.72. The first kappa shape index (κ1) is 9.14. The third kappa shape index (κ3) is 0.602. The predicted octanol–water partition coefficient (Wildman–Crippen LogP) is 2.57. The molecule has 0 radical (unpaired) electrons. The molecule has 1 heteroatoms. The molecule has 4 bridgehead atoms. The highest BCUT2D eigenvalue weighted by Crippen LogP contribution is 2.92. The van der Waals surface area contributed by atoms with Crippen molar-refractivity contribution < 1.29 is 5.11 Å². The fourth-order valence-electron chi connectivity index (χ4n) is 7.44. The largest absolute Gasteiger partial charge is 0.385 e. The van der Waals surface area contributed by atoms with E-state index in [0.717, 1.165) is 35.5 Å². The summed E-state index contributed by atoms with van der Waals surface area (Å²) in [6.07, 6.45) is 1.52. The van der Waals surface area contributed by atoms with Crippen molar-refractivity contribution in [3.8, 4) is 0 Å². The molecule has 6 fully saturated rings. The summed E-state index contributed by atoms with van der Waals surface area (Å²) in [4.78, 5) is 0. The molecule has 0 spiro atoms. The maximum atomic E-state index is 11.4. The minimum atomic E-state index is -0.439. The van der Waals surface area contributed by atoms with Crippen molar-refractivity contribution in [1.29, 1.82) is 0 Å². The molecule has 0 aromatic heterocycles. The summed E-state index contributed by atoms with van der Waals surface area (Å²) in [6.45, 7) is 2.13. The van der Waals surface area contributed by atoms with Gasteiger partial charge in [0.15, 0.2) is 0 Å². The van der Waals surface area contributed by atoms with Crippen molar-refractivity contribution in [3.05, 3.63) is 35.4 Å². The molecule has 0 heterocycles. The van der Waals surface area contributed by atoms with Crippen molar-refractivity contribution in [1.82, 2.24) is 0 Å². The summed E-state index contributed by atoms with van der Waals surface area (Å²) in [7, 11) is 0. The van der Waals surface area contributed by atoms with Crippen LogP contribution in [0.3, 0.4) is 0 Å². The minimum absolute atomic E-state index is 0.439. The Morgan fingerprint density at radius 2 is 1.44 bits per heavy atom. The monoisotopic (exact) mass is 238 g/mol. The van der Waals surface area contributed by atoms with Gasteiger partial charge in [0.05, 0.1) is 5.60 Å². The van der Waals surface area contributed by atoms with Crippen molar-refractivity contribution >= 4 is 0 Å². The lowest BCUT2D eigenvalue weighted by molar-refractivity contribution is -0.127. The second kappa shape index (κ2) is 2.31. The lowest BCUT2D eigenvalue weighted by Crippen LogP contribution is -2.56. The zero-order chi connectivity index (χ0) is 11.8. The number of aliphatic hydroxyl groups is 1. The van der Waals surface area contributed by atoms with Gasteiger partial charge in [0, 0.05) is 0 Å². The quantitative estimate of drug-likeness (QED) is 0.797. The van der Waals surface area contributed by atoms with Crippen molar-refractivity contribution in [2.24, 2.45) is 47.3 Å². The molecular weight excluding hydrogens is 220 g/mol. The van der Waals surface area contributed by atoms with Gasteiger partial charge >= 0.3 is 0 Å². The van der Waals surface area contributed by atoms with Crippen LogP contribution in [0.1, 0.15) is 17.5 Å². The standard InChI is InChI=1S/C17H18O/c1-7-2-4-8(5-3-7)17(18)15-11-9-6-10-13(11)16(17)14(10)12(9)15/h2-5,9-16,18H,6H2,1H3. The van der Waals surface area contributed by atoms with Crippen molar-refractivity contribution in [3.63, 3.8) is 0 Å². The molecule has 6 aliphatic rings. The van der Waals surface area contributed by atoms with E-state index in [1.54, 1.807) is 0 Å². The molecule has 1 N–H and O–H groups in total. The van der Waals surface area contributed by atoms with E-state index in [-0.39, 0.29) is 0 Å². The van der Waals surface area contributed by atoms with E-state index in [2.05, 4.69) is 31.2 Å². The second-order valence-corrected chi connectivity index (χ2v) is 7.62. The number of aryl methyl sites for hydroxylation is 1. The normalized spacial score (nSPS) is 64.1. The van der Waals surface area contributed by atoms with Crippen molar-refractivity contribution in [2.75, 3.05) is 0 Å². The van der Waals surface area contributed by atoms with Gasteiger partial charge in [-0.15, -0.1) is 0 Å². The molecule has 0 aliphatic heterocycles. The van der Waals surface area contributed by atoms with Gasteiger partial charge < -0.3 is 5.11 Å². The van der Waals surface area contributed by atoms with Crippen LogP contribution in [0, 0.1) is 54.3 Å². The Hall–Kier alpha value is -0.820. The van der Waals surface area contributed by atoms with E-state index in [1.807, 2.05) is 0 Å². The Balaban J connectivity index is 1.54. The zero-order valence-electron chi connectivity index (χ0n) is 10.6. The van der Waals surface area contributed by atoms with Gasteiger partial charge in [-0.25, -0.2) is 0 Å². The number of rotatable bonds is 1. The van der Waals surface area contributed by atoms with Gasteiger partial charge in [-0.1, -0.05) is 29.8 Å². The van der Waals surface area contributed by atoms with Gasteiger partial charge in [0.25, 0.3) is 0 Å². The van der Waals surface area contributed by atoms with E-state index in [9.17, 15) is 5.11 Å². The van der Waals surface area contributed by atoms with Crippen LogP contribution in [0.2, 0.25) is 0 Å². The maximum absolute atomic E-state index is 11.4. The van der Waals surface area contributed by atoms with Gasteiger partial charge in [-0.2, -0.15) is 0 Å². The Morgan fingerprint density at radius 3 is 1.94 bits per heavy atom. The van der Waals surface area contributed by atoms with Gasteiger partial charge in [-0.3, -0.25) is 0 Å². The SMILES string of the molecule is Cc1ccc(C2(O)C3C4C5CC6C4C2C6C53)cc1. The van der Waals surface area contributed by atoms with Crippen LogP contribution < -0.4 is 0 Å². The van der Waals surface area contributed by atoms with Crippen molar-refractivity contribution in [2.45, 2.75) is 18.9 Å². The Kier molecular flexibility index (Phi) is 1.17. The van der Waals surface area contributed by atoms with E-state index in [0.29, 0.717) is 11.8 Å². The fraction of sp³-hybridized carbons (Fsp3) is 0.647. The van der Waals surface area contributed by atoms with E-state index in [1.165, 1.54) is 17.5 Å². The number of benzene rings is 1. The van der Waals surface area contributed by atoms with E-state index in [4.69, 9.17) is 0 Å². The zero-order valence-corrected chi connectivity index (χ0v) is 10.6. The highest BCUT2D eigenvalue weighted by atomic mass is 16.3. The van der Waals surface area contributed by atoms with Gasteiger partial charge in [0.1, 0.15) is 0 Å². The molecule has 1 aromatic carbocycles. The predicted molar refractivity (Wildman–Crippen MR) is 67.6 cm³/mol. The first-order valence-electron chi connectivity index (χ1n) is 7.52. The Labute approximate surface area is 107 Å². The summed E-state index contributed by atoms with van der Waals surface area (Å²) in [5, 5.41) is 11.4. The molecule has 4 unspecified atom stereocenters. The Bertz CT molecular complexity index is 528. The van der Waals surface area contributed by atoms with E-state index >= 15 is 0 Å². The highest BCUT2D eigenvalue weighted by Gasteiger charge is 2.90. The van der Waals surface area contributed by atoms with Crippen LogP contribution in [-0.4, -0.2) is 5.11 Å². The van der Waals surface area contributed by atoms with Crippen LogP contribution in [0.25, 0.3) is 0 Å². The Morgan fingerprint density at radius 1 is 0.944 bits per heavy atom. The molecule has 4 atom stereocenters. The van der Waals surface area contributed by atoms with E-state index < -0.39 is 5.60 Å². The molecule has 18 heavy (non-hydrogen) atoms. The summed E-state index contributed by atoms with van der Waals surface area (Å²) >= 11 is 0. The second-order valence-electron chi connectivity index (χ2n) is 7.62. The van der Waals surface area contributed by atoms with Gasteiger partial charge in [0.2, 0.25) is 0 Å². The molecule has 6 aliphatic carbocycles. The highest BCUT2D eigenvalue weighted by molar-refractivity contribution is 5.43. The topological polar surface area (TPSA) is 20.2 Å². The number of hydrogen-bond acceptors (Lipinski definition) is 1. The van der Waals surface area contributed by atoms with Crippen LogP contribution in [0.15, 0.2) is 24.3 Å². The smallest absolute Gasteiger partial charge is 0.0963 e. The first-order valence-corrected chi connectivity index (χ1v) is 7.52. The first-order chi connectivity index (χ1) is 8.73. The summed E-state index contributed by atoms with van der Waals surface area (Å²) in [5.41, 5.74) is 2.08. The molecule has 1 aromatic rings. The van der Waals surface area contributed by atoms with Crippen LogP contribution in [-0.2, 0) is 5.60 Å². The molecule has 0 amide bonds. The summed E-state index contributed by atoms with van der Waals surface area (Å²) < 4.78 is 0. The molecule has 7 rings (SSSR count). The van der Waals surface area contributed by atoms with Crippen LogP contribution >= 0.6 is 0 Å². The number of hydrogen-bond donors (Lipinski definition) is 1. The molecule has 0 saturated heterocycles. The average molecular weight is 238 g/mol. The van der Waals surface area contributed by atoms with Gasteiger partial charge in [-0.05, 0) is 66.3 Å². The minimum Gasteiger partial charge on any atom is -0.385 e. The lowest BCUT2D eigenvalue weighted by atomic mass is 9.45. The fourth-order valence-corrected chi connectivity index (χ4v) is 7.44. The molecule has 1 nitrogen and oxygen atoms in total. The molecule has 6 saturated carbocycles. The van der Waals surface area contributed by atoms with Crippen LogP contribution in [0.4, 0.5) is 0 Å².